The van der Waals surface area contributed by atoms with Crippen LogP contribution < -0.4 is 0 Å². The van der Waals surface area contributed by atoms with Gasteiger partial charge < -0.3 is 0 Å². The summed E-state index contributed by atoms with van der Waals surface area (Å²) in [6.07, 6.45) is -0.0900. The van der Waals surface area contributed by atoms with Gasteiger partial charge in [-0.15, -0.1) is 0 Å². The molecular weight excluding hydrogens is 262 g/mol. The van der Waals surface area contributed by atoms with E-state index < -0.39 is 5.92 Å². The summed E-state index contributed by atoms with van der Waals surface area (Å²) < 4.78 is 0. The van der Waals surface area contributed by atoms with Crippen LogP contribution in [0.25, 0.3) is 0 Å². The Balaban J connectivity index is 2.13. The predicted octanol–water partition coefficient (Wildman–Crippen LogP) is 3.59. The fourth-order valence-corrected chi connectivity index (χ4v) is 2.04. The number of nitrogens with zero attached hydrogens (tertiary/aromatic N) is 1. The van der Waals surface area contributed by atoms with Gasteiger partial charge >= 0.3 is 0 Å². The number of hydrogen-bond acceptors (Lipinski definition) is 3. The van der Waals surface area contributed by atoms with Crippen LogP contribution in [0.2, 0.25) is 0 Å². The molecule has 1 unspecified atom stereocenters. The molecule has 3 nitrogen and oxygen atoms in total. The van der Waals surface area contributed by atoms with E-state index in [1.165, 1.54) is 0 Å². The van der Waals surface area contributed by atoms with Gasteiger partial charge in [-0.1, -0.05) is 60.2 Å². The molecule has 3 heteroatoms. The maximum absolute atomic E-state index is 12.2. The normalized spacial score (nSPS) is 11.4. The number of ketones is 2. The highest BCUT2D eigenvalue weighted by Crippen LogP contribution is 2.16. The maximum Gasteiger partial charge on any atom is 0.180 e. The Bertz CT molecular complexity index is 681. The van der Waals surface area contributed by atoms with Gasteiger partial charge in [0.05, 0.1) is 6.07 Å². The molecule has 0 saturated heterocycles. The lowest BCUT2D eigenvalue weighted by Gasteiger charge is -2.08. The molecule has 0 saturated carbocycles. The molecular formula is C18H15NO2. The van der Waals surface area contributed by atoms with Crippen LogP contribution in [0.4, 0.5) is 0 Å². The zero-order valence-corrected chi connectivity index (χ0v) is 11.7. The predicted molar refractivity (Wildman–Crippen MR) is 80.0 cm³/mol. The molecule has 0 heterocycles. The average Bonchev–Trinajstić information content (AvgIpc) is 2.53. The first-order valence-corrected chi connectivity index (χ1v) is 6.70. The van der Waals surface area contributed by atoms with Crippen LogP contribution in [0.1, 0.15) is 32.7 Å². The lowest BCUT2D eigenvalue weighted by molar-refractivity contribution is 0.0882. The number of aryl methyl sites for hydroxylation is 1. The van der Waals surface area contributed by atoms with Crippen molar-refractivity contribution >= 4 is 11.6 Å². The van der Waals surface area contributed by atoms with Crippen molar-refractivity contribution in [1.82, 2.24) is 0 Å². The van der Waals surface area contributed by atoms with Gasteiger partial charge in [-0.25, -0.2) is 0 Å². The van der Waals surface area contributed by atoms with E-state index in [0.29, 0.717) is 11.1 Å². The van der Waals surface area contributed by atoms with E-state index in [9.17, 15) is 14.9 Å². The van der Waals surface area contributed by atoms with Crippen LogP contribution in [0.5, 0.6) is 0 Å². The number of hydrogen-bond donors (Lipinski definition) is 0. The molecule has 2 aromatic carbocycles. The Morgan fingerprint density at radius 2 is 1.62 bits per heavy atom. The summed E-state index contributed by atoms with van der Waals surface area (Å²) in [5.41, 5.74) is 2.05. The molecule has 1 atom stereocenters. The number of benzene rings is 2. The van der Waals surface area contributed by atoms with E-state index in [-0.39, 0.29) is 18.0 Å². The Kier molecular flexibility index (Phi) is 4.63. The van der Waals surface area contributed by atoms with Crippen molar-refractivity contribution in [3.05, 3.63) is 71.3 Å². The average molecular weight is 277 g/mol. The summed E-state index contributed by atoms with van der Waals surface area (Å²) in [5.74, 6) is -1.44. The summed E-state index contributed by atoms with van der Waals surface area (Å²) in [7, 11) is 0. The van der Waals surface area contributed by atoms with Crippen molar-refractivity contribution in [2.24, 2.45) is 5.92 Å². The van der Waals surface area contributed by atoms with Gasteiger partial charge in [0.2, 0.25) is 0 Å². The fraction of sp³-hybridized carbons (Fsp3) is 0.167. The van der Waals surface area contributed by atoms with Crippen molar-refractivity contribution in [3.8, 4) is 6.07 Å². The molecule has 0 bridgehead atoms. The molecule has 0 aliphatic rings. The highest BCUT2D eigenvalue weighted by Gasteiger charge is 2.23. The Hall–Kier alpha value is -2.73. The highest BCUT2D eigenvalue weighted by molar-refractivity contribution is 6.04. The van der Waals surface area contributed by atoms with Crippen LogP contribution in [0, 0.1) is 24.2 Å². The summed E-state index contributed by atoms with van der Waals surface area (Å²) in [4.78, 5) is 24.4. The van der Waals surface area contributed by atoms with Crippen molar-refractivity contribution in [1.29, 1.82) is 5.26 Å². The number of rotatable bonds is 5. The van der Waals surface area contributed by atoms with Crippen LogP contribution >= 0.6 is 0 Å². The zero-order valence-electron chi connectivity index (χ0n) is 11.7. The molecule has 104 valence electrons. The lowest BCUT2D eigenvalue weighted by atomic mass is 9.92. The lowest BCUT2D eigenvalue weighted by Crippen LogP contribution is -2.17. The fourth-order valence-electron chi connectivity index (χ4n) is 2.04. The first kappa shape index (κ1) is 14.7. The molecule has 0 spiro atoms. The van der Waals surface area contributed by atoms with Gasteiger partial charge in [0.25, 0.3) is 0 Å². The number of carbonyl (C=O) groups excluding carboxylic acids is 2. The Labute approximate surface area is 123 Å². The first-order chi connectivity index (χ1) is 10.1. The monoisotopic (exact) mass is 277 g/mol. The van der Waals surface area contributed by atoms with Crippen LogP contribution in [0.3, 0.4) is 0 Å². The van der Waals surface area contributed by atoms with Crippen molar-refractivity contribution in [2.75, 3.05) is 0 Å². The van der Waals surface area contributed by atoms with E-state index in [0.717, 1.165) is 5.56 Å². The molecule has 0 fully saturated rings. The second kappa shape index (κ2) is 6.62. The van der Waals surface area contributed by atoms with Gasteiger partial charge in [0.15, 0.2) is 11.6 Å². The summed E-state index contributed by atoms with van der Waals surface area (Å²) >= 11 is 0. The first-order valence-electron chi connectivity index (χ1n) is 6.70. The molecule has 0 aliphatic carbocycles. The van der Waals surface area contributed by atoms with Crippen LogP contribution in [-0.2, 0) is 0 Å². The quantitative estimate of drug-likeness (QED) is 0.785. The van der Waals surface area contributed by atoms with Gasteiger partial charge in [0.1, 0.15) is 5.92 Å². The molecule has 0 aliphatic heterocycles. The third-order valence-corrected chi connectivity index (χ3v) is 3.29. The van der Waals surface area contributed by atoms with E-state index in [1.807, 2.05) is 25.1 Å². The Morgan fingerprint density at radius 1 is 1.00 bits per heavy atom. The second-order valence-corrected chi connectivity index (χ2v) is 4.91. The van der Waals surface area contributed by atoms with Crippen molar-refractivity contribution in [2.45, 2.75) is 13.3 Å². The second-order valence-electron chi connectivity index (χ2n) is 4.91. The summed E-state index contributed by atoms with van der Waals surface area (Å²) in [6, 6.07) is 17.7. The third kappa shape index (κ3) is 3.64. The summed E-state index contributed by atoms with van der Waals surface area (Å²) in [5, 5.41) is 9.17. The molecule has 21 heavy (non-hydrogen) atoms. The van der Waals surface area contributed by atoms with E-state index in [2.05, 4.69) is 0 Å². The van der Waals surface area contributed by atoms with Crippen molar-refractivity contribution in [3.63, 3.8) is 0 Å². The number of nitriles is 1. The maximum atomic E-state index is 12.2. The van der Waals surface area contributed by atoms with Crippen LogP contribution in [0.15, 0.2) is 54.6 Å². The minimum atomic E-state index is -0.943. The van der Waals surface area contributed by atoms with E-state index in [1.54, 1.807) is 42.5 Å². The standard InChI is InChI=1S/C18H15NO2/c1-13-7-9-14(10-8-13)17(20)11-16(12-19)18(21)15-5-3-2-4-6-15/h2-10,16H,11H2,1H3. The number of Topliss-reactive ketones (excluding diaryl/α,β-unsaturated/α-hetero) is 2. The van der Waals surface area contributed by atoms with Crippen LogP contribution in [-0.4, -0.2) is 11.6 Å². The van der Waals surface area contributed by atoms with Gasteiger partial charge in [-0.3, -0.25) is 9.59 Å². The topological polar surface area (TPSA) is 57.9 Å². The SMILES string of the molecule is Cc1ccc(C(=O)CC(C#N)C(=O)c2ccccc2)cc1. The van der Waals surface area contributed by atoms with Gasteiger partial charge in [-0.2, -0.15) is 5.26 Å². The van der Waals surface area contributed by atoms with Crippen molar-refractivity contribution < 1.29 is 9.59 Å². The van der Waals surface area contributed by atoms with Gasteiger partial charge in [-0.05, 0) is 6.92 Å². The Morgan fingerprint density at radius 3 is 2.19 bits per heavy atom. The summed E-state index contributed by atoms with van der Waals surface area (Å²) in [6.45, 7) is 1.94. The minimum absolute atomic E-state index is 0.0900. The molecule has 0 N–H and O–H groups in total. The molecule has 0 amide bonds. The van der Waals surface area contributed by atoms with Gasteiger partial charge in [0, 0.05) is 17.5 Å². The highest BCUT2D eigenvalue weighted by atomic mass is 16.1. The minimum Gasteiger partial charge on any atom is -0.294 e. The molecule has 0 aromatic heterocycles. The van der Waals surface area contributed by atoms with E-state index >= 15 is 0 Å². The smallest absolute Gasteiger partial charge is 0.180 e. The third-order valence-electron chi connectivity index (χ3n) is 3.29. The molecule has 0 radical (unpaired) electrons. The zero-order chi connectivity index (χ0) is 15.2. The molecule has 2 aromatic rings. The molecule has 2 rings (SSSR count). The van der Waals surface area contributed by atoms with E-state index in [4.69, 9.17) is 0 Å². The largest absolute Gasteiger partial charge is 0.294 e. The number of carbonyl (C=O) groups is 2.